The van der Waals surface area contributed by atoms with Gasteiger partial charge in [-0.1, -0.05) is 57.2 Å². The predicted molar refractivity (Wildman–Crippen MR) is 159 cm³/mol. The molecule has 14 heteroatoms. The molecule has 2 aliphatic heterocycles. The van der Waals surface area contributed by atoms with Gasteiger partial charge in [0.15, 0.2) is 31.1 Å². The fraction of sp³-hybridized carbons (Fsp3) is 0.862. The minimum atomic E-state index is -1.11. The van der Waals surface area contributed by atoms with Crippen LogP contribution in [0.1, 0.15) is 74.1 Å². The van der Waals surface area contributed by atoms with Gasteiger partial charge in [0.25, 0.3) is 0 Å². The second-order valence-electron chi connectivity index (χ2n) is 11.4. The SMILES string of the molecule is CCC(CC(=O)O)OC(=O)CC(CCI)OC1OC(CO[C@@H]2O[C@@H](O)[C@H](C)C(C)C2OC(C)=O)[C@@H](C)[C@H](C)C1OC(C)=O. The molecule has 248 valence electrons. The van der Waals surface area contributed by atoms with Crippen molar-refractivity contribution in [3.05, 3.63) is 0 Å². The molecule has 2 saturated heterocycles. The van der Waals surface area contributed by atoms with E-state index in [0.717, 1.165) is 0 Å². The lowest BCUT2D eigenvalue weighted by Crippen LogP contribution is -2.56. The van der Waals surface area contributed by atoms with Crippen molar-refractivity contribution < 1.29 is 62.5 Å². The first-order valence-corrected chi connectivity index (χ1v) is 16.3. The maximum atomic E-state index is 12.7. The van der Waals surface area contributed by atoms with E-state index in [-0.39, 0.29) is 43.1 Å². The Kier molecular flexibility index (Phi) is 15.5. The van der Waals surface area contributed by atoms with Gasteiger partial charge < -0.3 is 43.4 Å². The van der Waals surface area contributed by atoms with Gasteiger partial charge in [0.1, 0.15) is 6.10 Å². The first kappa shape index (κ1) is 37.6. The number of aliphatic carboxylic acids is 1. The molecular weight excluding hydrogens is 683 g/mol. The molecular formula is C29H47IO13. The fourth-order valence-corrected chi connectivity index (χ4v) is 5.85. The lowest BCUT2D eigenvalue weighted by atomic mass is 9.83. The van der Waals surface area contributed by atoms with Crippen LogP contribution in [0.3, 0.4) is 0 Å². The second kappa shape index (κ2) is 17.8. The summed E-state index contributed by atoms with van der Waals surface area (Å²) in [5.74, 6) is -3.65. The van der Waals surface area contributed by atoms with E-state index in [1.165, 1.54) is 13.8 Å². The third-order valence-corrected chi connectivity index (χ3v) is 8.81. The third kappa shape index (κ3) is 11.4. The molecule has 0 aliphatic carbocycles. The molecule has 0 saturated carbocycles. The van der Waals surface area contributed by atoms with Gasteiger partial charge in [0.05, 0.1) is 31.7 Å². The molecule has 0 aromatic carbocycles. The number of esters is 3. The molecule has 13 nitrogen and oxygen atoms in total. The molecule has 2 fully saturated rings. The van der Waals surface area contributed by atoms with Gasteiger partial charge >= 0.3 is 23.9 Å². The molecule has 2 aliphatic rings. The Labute approximate surface area is 266 Å². The van der Waals surface area contributed by atoms with Crippen LogP contribution in [-0.4, -0.2) is 94.5 Å². The first-order valence-electron chi connectivity index (χ1n) is 14.8. The van der Waals surface area contributed by atoms with Gasteiger partial charge in [0, 0.05) is 36.0 Å². The van der Waals surface area contributed by atoms with Crippen molar-refractivity contribution in [1.29, 1.82) is 0 Å². The van der Waals surface area contributed by atoms with Crippen LogP contribution in [0.5, 0.6) is 0 Å². The minimum absolute atomic E-state index is 0.0131. The molecule has 0 aromatic heterocycles. The highest BCUT2D eigenvalue weighted by Crippen LogP contribution is 2.37. The van der Waals surface area contributed by atoms with Crippen LogP contribution in [0, 0.1) is 23.7 Å². The zero-order chi connectivity index (χ0) is 32.4. The van der Waals surface area contributed by atoms with Crippen molar-refractivity contribution in [2.45, 2.75) is 124 Å². The molecule has 7 unspecified atom stereocenters. The van der Waals surface area contributed by atoms with Crippen molar-refractivity contribution in [2.24, 2.45) is 23.7 Å². The first-order chi connectivity index (χ1) is 20.2. The van der Waals surface area contributed by atoms with Crippen LogP contribution in [0.2, 0.25) is 0 Å². The van der Waals surface area contributed by atoms with Crippen molar-refractivity contribution in [1.82, 2.24) is 0 Å². The van der Waals surface area contributed by atoms with Gasteiger partial charge in [-0.25, -0.2) is 0 Å². The van der Waals surface area contributed by atoms with Crippen LogP contribution in [0.25, 0.3) is 0 Å². The fourth-order valence-electron chi connectivity index (χ4n) is 5.15. The van der Waals surface area contributed by atoms with E-state index < -0.39 is 73.3 Å². The summed E-state index contributed by atoms with van der Waals surface area (Å²) in [6.45, 7) is 11.8. The number of aliphatic hydroxyl groups excluding tert-OH is 1. The molecule has 0 spiro atoms. The summed E-state index contributed by atoms with van der Waals surface area (Å²) in [5, 5.41) is 19.5. The number of carbonyl (C=O) groups excluding carboxylic acids is 3. The number of carboxylic acid groups (broad SMARTS) is 1. The maximum Gasteiger partial charge on any atom is 0.308 e. The highest BCUT2D eigenvalue weighted by molar-refractivity contribution is 14.1. The number of hydrogen-bond acceptors (Lipinski definition) is 12. The third-order valence-electron chi connectivity index (χ3n) is 8.19. The average Bonchev–Trinajstić information content (AvgIpc) is 2.91. The second-order valence-corrected chi connectivity index (χ2v) is 12.5. The van der Waals surface area contributed by atoms with Crippen molar-refractivity contribution in [3.8, 4) is 0 Å². The number of halogens is 1. The zero-order valence-electron chi connectivity index (χ0n) is 25.9. The van der Waals surface area contributed by atoms with E-state index in [0.29, 0.717) is 17.3 Å². The summed E-state index contributed by atoms with van der Waals surface area (Å²) in [7, 11) is 0. The van der Waals surface area contributed by atoms with Gasteiger partial charge in [-0.05, 0) is 18.8 Å². The number of carboxylic acids is 1. The topological polar surface area (TPSA) is 173 Å². The summed E-state index contributed by atoms with van der Waals surface area (Å²) in [4.78, 5) is 47.6. The number of hydrogen-bond donors (Lipinski definition) is 2. The van der Waals surface area contributed by atoms with E-state index in [4.69, 9.17) is 38.3 Å². The summed E-state index contributed by atoms with van der Waals surface area (Å²) in [5.41, 5.74) is 0. The van der Waals surface area contributed by atoms with Crippen LogP contribution in [0.15, 0.2) is 0 Å². The van der Waals surface area contributed by atoms with Crippen molar-refractivity contribution >= 4 is 46.5 Å². The van der Waals surface area contributed by atoms with Crippen molar-refractivity contribution in [3.63, 3.8) is 0 Å². The van der Waals surface area contributed by atoms with E-state index in [9.17, 15) is 24.3 Å². The minimum Gasteiger partial charge on any atom is -0.481 e. The molecule has 2 N–H and O–H groups in total. The summed E-state index contributed by atoms with van der Waals surface area (Å²) < 4.78 is 41.4. The highest BCUT2D eigenvalue weighted by Gasteiger charge is 2.47. The Morgan fingerprint density at radius 3 is 1.95 bits per heavy atom. The molecule has 0 amide bonds. The molecule has 12 atom stereocenters. The van der Waals surface area contributed by atoms with Crippen molar-refractivity contribution in [2.75, 3.05) is 11.0 Å². The number of rotatable bonds is 15. The van der Waals surface area contributed by atoms with E-state index >= 15 is 0 Å². The number of carbonyl (C=O) groups is 4. The number of ether oxygens (including phenoxy) is 7. The molecule has 0 radical (unpaired) electrons. The Morgan fingerprint density at radius 1 is 0.837 bits per heavy atom. The van der Waals surface area contributed by atoms with Gasteiger partial charge in [-0.15, -0.1) is 0 Å². The van der Waals surface area contributed by atoms with E-state index in [1.807, 2.05) is 20.8 Å². The molecule has 0 aromatic rings. The van der Waals surface area contributed by atoms with E-state index in [1.54, 1.807) is 13.8 Å². The molecule has 0 bridgehead atoms. The number of alkyl halides is 1. The number of aliphatic hydroxyl groups is 1. The monoisotopic (exact) mass is 730 g/mol. The summed E-state index contributed by atoms with van der Waals surface area (Å²) >= 11 is 2.16. The lowest BCUT2D eigenvalue weighted by molar-refractivity contribution is -0.336. The van der Waals surface area contributed by atoms with Gasteiger partial charge in [-0.3, -0.25) is 19.2 Å². The Morgan fingerprint density at radius 2 is 1.42 bits per heavy atom. The van der Waals surface area contributed by atoms with Crippen LogP contribution in [0.4, 0.5) is 0 Å². The van der Waals surface area contributed by atoms with Crippen LogP contribution in [-0.2, 0) is 52.3 Å². The molecule has 2 heterocycles. The van der Waals surface area contributed by atoms with Crippen LogP contribution < -0.4 is 0 Å². The Hall–Kier alpha value is -1.59. The Bertz CT molecular complexity index is 932. The Balaban J connectivity index is 2.19. The highest BCUT2D eigenvalue weighted by atomic mass is 127. The summed E-state index contributed by atoms with van der Waals surface area (Å²) in [6.07, 6.45) is -6.37. The van der Waals surface area contributed by atoms with Gasteiger partial charge in [0.2, 0.25) is 0 Å². The quantitative estimate of drug-likeness (QED) is 0.109. The molecule has 2 rings (SSSR count). The maximum absolute atomic E-state index is 12.7. The van der Waals surface area contributed by atoms with E-state index in [2.05, 4.69) is 22.6 Å². The largest absolute Gasteiger partial charge is 0.481 e. The lowest BCUT2D eigenvalue weighted by Gasteiger charge is -2.46. The molecule has 43 heavy (non-hydrogen) atoms. The van der Waals surface area contributed by atoms with Crippen LogP contribution >= 0.6 is 22.6 Å². The predicted octanol–water partition coefficient (Wildman–Crippen LogP) is 3.21. The standard InChI is InChI=1S/C29H47IO13/c1-8-20(11-23(33)34)40-24(35)12-21(9-10-30)41-29-26(39-19(7)32)15(3)14(2)22(42-29)13-37-28-25(38-18(6)31)16(4)17(5)27(36)43-28/h14-17,20-22,25-29,36H,8-13H2,1-7H3,(H,33,34)/t14-,15-,16?,17+,20?,21?,22?,25?,26?,27+,28+,29?/m0/s1. The normalized spacial score (nSPS) is 34.1. The average molecular weight is 731 g/mol. The van der Waals surface area contributed by atoms with Gasteiger partial charge in [-0.2, -0.15) is 0 Å². The zero-order valence-corrected chi connectivity index (χ0v) is 28.1. The smallest absolute Gasteiger partial charge is 0.308 e. The summed E-state index contributed by atoms with van der Waals surface area (Å²) in [6, 6.07) is 0.